The Morgan fingerprint density at radius 2 is 1.82 bits per heavy atom. The number of carbonyl (C=O) groups is 2. The first-order chi connectivity index (χ1) is 16.3. The lowest BCUT2D eigenvalue weighted by Crippen LogP contribution is -2.42. The van der Waals surface area contributed by atoms with Crippen LogP contribution in [0.1, 0.15) is 22.7 Å². The molecule has 4 rings (SSSR count). The number of hydrogen-bond acceptors (Lipinski definition) is 6. The molecule has 1 N–H and O–H groups in total. The maximum atomic E-state index is 13.2. The third-order valence-electron chi connectivity index (χ3n) is 6.23. The van der Waals surface area contributed by atoms with Gasteiger partial charge in [-0.1, -0.05) is 29.3 Å². The number of aliphatic hydroxyl groups is 1. The molecule has 180 valence electrons. The lowest BCUT2D eigenvalue weighted by Gasteiger charge is -2.31. The highest BCUT2D eigenvalue weighted by Gasteiger charge is 2.46. The quantitative estimate of drug-likeness (QED) is 0.363. The third-order valence-corrected chi connectivity index (χ3v) is 6.97. The van der Waals surface area contributed by atoms with E-state index in [1.165, 1.54) is 4.90 Å². The Kier molecular flexibility index (Phi) is 7.48. The lowest BCUT2D eigenvalue weighted by atomic mass is 9.94. The number of nitrogens with zero attached hydrogens (tertiary/aromatic N) is 2. The highest BCUT2D eigenvalue weighted by atomic mass is 35.5. The Bertz CT molecular complexity index is 1140. The zero-order valence-electron chi connectivity index (χ0n) is 19.0. The fourth-order valence-electron chi connectivity index (χ4n) is 4.39. The Morgan fingerprint density at radius 3 is 2.47 bits per heavy atom. The maximum Gasteiger partial charge on any atom is 0.295 e. The number of methoxy groups -OCH3 is 1. The molecule has 0 aromatic heterocycles. The van der Waals surface area contributed by atoms with Crippen molar-refractivity contribution in [2.24, 2.45) is 0 Å². The number of ketones is 1. The second kappa shape index (κ2) is 10.4. The van der Waals surface area contributed by atoms with Crippen molar-refractivity contribution in [3.63, 3.8) is 0 Å². The highest BCUT2D eigenvalue weighted by molar-refractivity contribution is 6.46. The fraction of sp³-hybridized carbons (Fsp3) is 0.360. The van der Waals surface area contributed by atoms with E-state index in [2.05, 4.69) is 4.90 Å². The number of carbonyl (C=O) groups excluding carboxylic acids is 2. The van der Waals surface area contributed by atoms with Crippen molar-refractivity contribution in [2.75, 3.05) is 46.5 Å². The molecule has 0 aliphatic carbocycles. The second-order valence-electron chi connectivity index (χ2n) is 8.30. The average Bonchev–Trinajstić information content (AvgIpc) is 3.09. The number of aliphatic hydroxyl groups excluding tert-OH is 1. The molecule has 2 fully saturated rings. The van der Waals surface area contributed by atoms with E-state index in [0.29, 0.717) is 53.2 Å². The number of likely N-dealkylation sites (tertiary alicyclic amines) is 1. The Balaban J connectivity index is 1.77. The van der Waals surface area contributed by atoms with E-state index in [1.807, 2.05) is 6.92 Å². The van der Waals surface area contributed by atoms with Crippen molar-refractivity contribution < 1.29 is 24.2 Å². The van der Waals surface area contributed by atoms with Gasteiger partial charge in [-0.05, 0) is 48.4 Å². The van der Waals surface area contributed by atoms with Crippen LogP contribution >= 0.6 is 23.2 Å². The van der Waals surface area contributed by atoms with E-state index in [9.17, 15) is 14.7 Å². The van der Waals surface area contributed by atoms with Gasteiger partial charge < -0.3 is 19.5 Å². The van der Waals surface area contributed by atoms with Gasteiger partial charge in [-0.25, -0.2) is 0 Å². The van der Waals surface area contributed by atoms with Crippen molar-refractivity contribution in [2.45, 2.75) is 13.0 Å². The minimum atomic E-state index is -0.793. The van der Waals surface area contributed by atoms with Crippen LogP contribution in [0.4, 0.5) is 0 Å². The SMILES string of the molecule is COc1ccc(C(O)=C2C(=O)C(=O)N(CCN3CCOCC3)[C@@H]2c2ccc(Cl)c(Cl)c2)cc1C. The van der Waals surface area contributed by atoms with Gasteiger partial charge in [-0.3, -0.25) is 14.5 Å². The molecular weight excluding hydrogens is 479 g/mol. The monoisotopic (exact) mass is 504 g/mol. The van der Waals surface area contributed by atoms with E-state index in [1.54, 1.807) is 43.5 Å². The van der Waals surface area contributed by atoms with Gasteiger partial charge in [0.05, 0.1) is 42.0 Å². The minimum absolute atomic E-state index is 0.0231. The molecule has 7 nitrogen and oxygen atoms in total. The maximum absolute atomic E-state index is 13.2. The molecule has 2 aromatic carbocycles. The predicted octanol–water partition coefficient (Wildman–Crippen LogP) is 4.06. The zero-order chi connectivity index (χ0) is 24.4. The number of aryl methyl sites for hydroxylation is 1. The molecule has 0 saturated carbocycles. The standard InChI is InChI=1S/C25H26Cl2N2O5/c1-15-13-17(4-6-20(15)33-2)23(30)21-22(16-3-5-18(26)19(27)14-16)29(25(32)24(21)31)8-7-28-9-11-34-12-10-28/h3-6,13-14,22,30H,7-12H2,1-2H3/t22-/m1/s1. The summed E-state index contributed by atoms with van der Waals surface area (Å²) in [5.41, 5.74) is 1.84. The summed E-state index contributed by atoms with van der Waals surface area (Å²) < 4.78 is 10.7. The molecular formula is C25H26Cl2N2O5. The molecule has 0 radical (unpaired) electrons. The van der Waals surface area contributed by atoms with Gasteiger partial charge in [-0.2, -0.15) is 0 Å². The highest BCUT2D eigenvalue weighted by Crippen LogP contribution is 2.41. The van der Waals surface area contributed by atoms with Crippen LogP contribution in [0.3, 0.4) is 0 Å². The van der Waals surface area contributed by atoms with Crippen LogP contribution in [0.15, 0.2) is 42.0 Å². The molecule has 2 aliphatic rings. The number of benzene rings is 2. The summed E-state index contributed by atoms with van der Waals surface area (Å²) in [6.45, 7) is 5.51. The number of morpholine rings is 1. The van der Waals surface area contributed by atoms with Crippen LogP contribution in [-0.4, -0.2) is 73.1 Å². The summed E-state index contributed by atoms with van der Waals surface area (Å²) in [5.74, 6) is -0.974. The Hall–Kier alpha value is -2.58. The summed E-state index contributed by atoms with van der Waals surface area (Å²) in [5, 5.41) is 11.9. The largest absolute Gasteiger partial charge is 0.507 e. The van der Waals surface area contributed by atoms with E-state index in [0.717, 1.165) is 18.7 Å². The van der Waals surface area contributed by atoms with Gasteiger partial charge in [0, 0.05) is 31.7 Å². The van der Waals surface area contributed by atoms with Crippen molar-refractivity contribution in [1.82, 2.24) is 9.80 Å². The fourth-order valence-corrected chi connectivity index (χ4v) is 4.70. The first kappa shape index (κ1) is 24.5. The molecule has 0 unspecified atom stereocenters. The number of rotatable bonds is 6. The summed E-state index contributed by atoms with van der Waals surface area (Å²) in [6, 6.07) is 9.29. The molecule has 0 spiro atoms. The first-order valence-corrected chi connectivity index (χ1v) is 11.8. The molecule has 2 heterocycles. The smallest absolute Gasteiger partial charge is 0.295 e. The van der Waals surface area contributed by atoms with E-state index < -0.39 is 17.7 Å². The molecule has 2 aliphatic heterocycles. The van der Waals surface area contributed by atoms with E-state index in [-0.39, 0.29) is 11.3 Å². The van der Waals surface area contributed by atoms with E-state index in [4.69, 9.17) is 32.7 Å². The average molecular weight is 505 g/mol. The topological polar surface area (TPSA) is 79.3 Å². The summed E-state index contributed by atoms with van der Waals surface area (Å²) in [6.07, 6.45) is 0. The van der Waals surface area contributed by atoms with Crippen LogP contribution in [-0.2, 0) is 14.3 Å². The lowest BCUT2D eigenvalue weighted by molar-refractivity contribution is -0.140. The predicted molar refractivity (Wildman–Crippen MR) is 130 cm³/mol. The molecule has 0 bridgehead atoms. The van der Waals surface area contributed by atoms with Crippen molar-refractivity contribution in [3.05, 3.63) is 68.7 Å². The molecule has 1 amide bonds. The first-order valence-electron chi connectivity index (χ1n) is 11.0. The second-order valence-corrected chi connectivity index (χ2v) is 9.12. The van der Waals surface area contributed by atoms with Crippen molar-refractivity contribution >= 4 is 40.7 Å². The number of hydrogen-bond donors (Lipinski definition) is 1. The number of amides is 1. The van der Waals surface area contributed by atoms with Crippen LogP contribution in [0.2, 0.25) is 10.0 Å². The number of halogens is 2. The van der Waals surface area contributed by atoms with Crippen LogP contribution in [0.25, 0.3) is 5.76 Å². The third kappa shape index (κ3) is 4.79. The van der Waals surface area contributed by atoms with Gasteiger partial charge in [0.2, 0.25) is 0 Å². The Morgan fingerprint density at radius 1 is 1.09 bits per heavy atom. The molecule has 2 aromatic rings. The summed E-state index contributed by atoms with van der Waals surface area (Å²) >= 11 is 12.4. The zero-order valence-corrected chi connectivity index (χ0v) is 20.5. The van der Waals surface area contributed by atoms with E-state index >= 15 is 0 Å². The molecule has 34 heavy (non-hydrogen) atoms. The van der Waals surface area contributed by atoms with Gasteiger partial charge in [0.25, 0.3) is 11.7 Å². The van der Waals surface area contributed by atoms with Gasteiger partial charge in [-0.15, -0.1) is 0 Å². The van der Waals surface area contributed by atoms with Gasteiger partial charge in [0.1, 0.15) is 11.5 Å². The summed E-state index contributed by atoms with van der Waals surface area (Å²) in [4.78, 5) is 30.0. The van der Waals surface area contributed by atoms with Crippen molar-refractivity contribution in [3.8, 4) is 5.75 Å². The molecule has 9 heteroatoms. The minimum Gasteiger partial charge on any atom is -0.507 e. The van der Waals surface area contributed by atoms with Crippen molar-refractivity contribution in [1.29, 1.82) is 0 Å². The normalized spacial score (nSPS) is 20.7. The van der Waals surface area contributed by atoms with Crippen LogP contribution in [0, 0.1) is 6.92 Å². The van der Waals surface area contributed by atoms with Gasteiger partial charge in [0.15, 0.2) is 0 Å². The summed E-state index contributed by atoms with van der Waals surface area (Å²) in [7, 11) is 1.56. The Labute approximate surface area is 208 Å². The number of Topliss-reactive ketones (excluding diaryl/α,β-unsaturated/α-hetero) is 1. The number of ether oxygens (including phenoxy) is 2. The van der Waals surface area contributed by atoms with Crippen LogP contribution < -0.4 is 4.74 Å². The molecule has 2 saturated heterocycles. The van der Waals surface area contributed by atoms with Crippen LogP contribution in [0.5, 0.6) is 5.75 Å². The molecule has 1 atom stereocenters. The van der Waals surface area contributed by atoms with Gasteiger partial charge >= 0.3 is 0 Å².